The molecule has 0 saturated carbocycles. The van der Waals surface area contributed by atoms with Crippen LogP contribution in [0.3, 0.4) is 0 Å². The normalized spacial score (nSPS) is 15.4. The molecule has 3 aromatic carbocycles. The first kappa shape index (κ1) is 19.4. The van der Waals surface area contributed by atoms with Crippen LogP contribution in [0.5, 0.6) is 5.88 Å². The van der Waals surface area contributed by atoms with Gasteiger partial charge >= 0.3 is 6.18 Å². The molecule has 1 aliphatic rings. The summed E-state index contributed by atoms with van der Waals surface area (Å²) in [5.41, 5.74) is 4.85. The highest BCUT2D eigenvalue weighted by atomic mass is 19.4. The first-order valence-electron chi connectivity index (χ1n) is 9.97. The lowest BCUT2D eigenvalue weighted by Crippen LogP contribution is -2.07. The van der Waals surface area contributed by atoms with E-state index in [2.05, 4.69) is 6.07 Å². The Morgan fingerprint density at radius 3 is 2.00 bits per heavy atom. The van der Waals surface area contributed by atoms with Gasteiger partial charge in [-0.15, -0.1) is 0 Å². The Bertz CT molecular complexity index is 1200. The molecule has 0 fully saturated rings. The Kier molecular flexibility index (Phi) is 4.74. The maximum Gasteiger partial charge on any atom is 0.416 e. The van der Waals surface area contributed by atoms with Crippen LogP contribution in [-0.4, -0.2) is 4.98 Å². The van der Waals surface area contributed by atoms with Gasteiger partial charge < -0.3 is 4.74 Å². The van der Waals surface area contributed by atoms with Crippen molar-refractivity contribution < 1.29 is 17.9 Å². The molecule has 0 aliphatic carbocycles. The van der Waals surface area contributed by atoms with E-state index in [1.54, 1.807) is 0 Å². The van der Waals surface area contributed by atoms with Crippen LogP contribution < -0.4 is 4.74 Å². The molecule has 5 heteroatoms. The lowest BCUT2D eigenvalue weighted by molar-refractivity contribution is -0.137. The van der Waals surface area contributed by atoms with Crippen molar-refractivity contribution in [2.45, 2.75) is 18.7 Å². The number of alkyl halides is 3. The third-order valence-corrected chi connectivity index (χ3v) is 5.49. The maximum absolute atomic E-state index is 12.9. The summed E-state index contributed by atoms with van der Waals surface area (Å²) in [7, 11) is 0. The molecule has 0 spiro atoms. The molecule has 2 nitrogen and oxygen atoms in total. The fourth-order valence-electron chi connectivity index (χ4n) is 3.91. The molecule has 4 aromatic rings. The van der Waals surface area contributed by atoms with E-state index in [0.29, 0.717) is 17.9 Å². The third kappa shape index (κ3) is 3.79. The number of hydrogen-bond acceptors (Lipinski definition) is 2. The van der Waals surface area contributed by atoms with Gasteiger partial charge in [0, 0.05) is 17.5 Å². The number of halogens is 3. The Labute approximate surface area is 178 Å². The van der Waals surface area contributed by atoms with Crippen molar-refractivity contribution in [1.82, 2.24) is 4.98 Å². The van der Waals surface area contributed by atoms with Gasteiger partial charge in [0.25, 0.3) is 0 Å². The van der Waals surface area contributed by atoms with Gasteiger partial charge in [-0.1, -0.05) is 72.8 Å². The van der Waals surface area contributed by atoms with Gasteiger partial charge in [0.05, 0.1) is 11.3 Å². The zero-order chi connectivity index (χ0) is 21.4. The molecule has 0 bridgehead atoms. The van der Waals surface area contributed by atoms with E-state index in [0.717, 1.165) is 40.1 Å². The molecule has 0 N–H and O–H groups in total. The highest BCUT2D eigenvalue weighted by Crippen LogP contribution is 2.43. The zero-order valence-corrected chi connectivity index (χ0v) is 16.4. The molecule has 1 unspecified atom stereocenters. The second-order valence-corrected chi connectivity index (χ2v) is 7.50. The van der Waals surface area contributed by atoms with Gasteiger partial charge in [0.15, 0.2) is 0 Å². The minimum Gasteiger partial charge on any atom is -0.469 e. The average Bonchev–Trinajstić information content (AvgIpc) is 3.23. The molecule has 0 saturated heterocycles. The average molecular weight is 417 g/mol. The molecule has 1 aromatic heterocycles. The summed E-state index contributed by atoms with van der Waals surface area (Å²) in [5.74, 6) is 0.533. The largest absolute Gasteiger partial charge is 0.469 e. The van der Waals surface area contributed by atoms with Crippen molar-refractivity contribution >= 4 is 0 Å². The lowest BCUT2D eigenvalue weighted by Gasteiger charge is -2.12. The minimum atomic E-state index is -4.36. The molecule has 31 heavy (non-hydrogen) atoms. The SMILES string of the molecule is FC(F)(F)c1ccc(C2Cc3c(-c4ccccc4)cc(-c4ccccc4)nc3O2)cc1. The van der Waals surface area contributed by atoms with Crippen molar-refractivity contribution in [2.24, 2.45) is 0 Å². The van der Waals surface area contributed by atoms with E-state index in [1.165, 1.54) is 12.1 Å². The van der Waals surface area contributed by atoms with Crippen LogP contribution in [0.15, 0.2) is 91.0 Å². The molecular weight excluding hydrogens is 399 g/mol. The smallest absolute Gasteiger partial charge is 0.416 e. The number of hydrogen-bond donors (Lipinski definition) is 0. The summed E-state index contributed by atoms with van der Waals surface area (Å²) in [4.78, 5) is 4.74. The van der Waals surface area contributed by atoms with Crippen LogP contribution >= 0.6 is 0 Å². The predicted molar refractivity (Wildman–Crippen MR) is 114 cm³/mol. The van der Waals surface area contributed by atoms with E-state index in [9.17, 15) is 13.2 Å². The van der Waals surface area contributed by atoms with Gasteiger partial charge in [-0.2, -0.15) is 13.2 Å². The number of nitrogens with zero attached hydrogens (tertiary/aromatic N) is 1. The van der Waals surface area contributed by atoms with Crippen LogP contribution in [0.4, 0.5) is 13.2 Å². The number of fused-ring (bicyclic) bond motifs is 1. The van der Waals surface area contributed by atoms with Gasteiger partial charge in [-0.05, 0) is 34.9 Å². The number of pyridine rings is 1. The fraction of sp³-hybridized carbons (Fsp3) is 0.115. The monoisotopic (exact) mass is 417 g/mol. The van der Waals surface area contributed by atoms with Crippen molar-refractivity contribution in [1.29, 1.82) is 0 Å². The molecule has 1 aliphatic heterocycles. The molecule has 2 heterocycles. The highest BCUT2D eigenvalue weighted by molar-refractivity contribution is 5.76. The van der Waals surface area contributed by atoms with Gasteiger partial charge in [-0.25, -0.2) is 4.98 Å². The minimum absolute atomic E-state index is 0.377. The van der Waals surface area contributed by atoms with E-state index in [-0.39, 0.29) is 6.10 Å². The van der Waals surface area contributed by atoms with Crippen molar-refractivity contribution in [3.63, 3.8) is 0 Å². The molecule has 154 valence electrons. The lowest BCUT2D eigenvalue weighted by atomic mass is 9.95. The standard InChI is InChI=1S/C26H18F3NO/c27-26(28,29)20-13-11-19(12-14-20)24-16-22-21(17-7-3-1-4-8-17)15-23(30-25(22)31-24)18-9-5-2-6-10-18/h1-15,24H,16H2. The summed E-state index contributed by atoms with van der Waals surface area (Å²) >= 11 is 0. The van der Waals surface area contributed by atoms with Gasteiger partial charge in [-0.3, -0.25) is 0 Å². The fourth-order valence-corrected chi connectivity index (χ4v) is 3.91. The van der Waals surface area contributed by atoms with Gasteiger partial charge in [0.2, 0.25) is 5.88 Å². The molecule has 5 rings (SSSR count). The summed E-state index contributed by atoms with van der Waals surface area (Å²) in [6.07, 6.45) is -4.18. The Hall–Kier alpha value is -3.60. The predicted octanol–water partition coefficient (Wildman–Crippen LogP) is 7.11. The Morgan fingerprint density at radius 1 is 0.774 bits per heavy atom. The summed E-state index contributed by atoms with van der Waals surface area (Å²) in [6.45, 7) is 0. The van der Waals surface area contributed by atoms with Crippen molar-refractivity contribution in [3.8, 4) is 28.3 Å². The molecular formula is C26H18F3NO. The van der Waals surface area contributed by atoms with Crippen LogP contribution in [0.1, 0.15) is 22.8 Å². The van der Waals surface area contributed by atoms with Crippen molar-refractivity contribution in [2.75, 3.05) is 0 Å². The van der Waals surface area contributed by atoms with Crippen LogP contribution in [-0.2, 0) is 12.6 Å². The van der Waals surface area contributed by atoms with E-state index in [4.69, 9.17) is 9.72 Å². The summed E-state index contributed by atoms with van der Waals surface area (Å²) < 4.78 is 44.9. The Balaban J connectivity index is 1.55. The first-order chi connectivity index (χ1) is 15.0. The van der Waals surface area contributed by atoms with E-state index >= 15 is 0 Å². The van der Waals surface area contributed by atoms with Crippen LogP contribution in [0.2, 0.25) is 0 Å². The number of benzene rings is 3. The third-order valence-electron chi connectivity index (χ3n) is 5.49. The second kappa shape index (κ2) is 7.58. The number of aromatic nitrogens is 1. The molecule has 1 atom stereocenters. The summed E-state index contributed by atoms with van der Waals surface area (Å²) in [6, 6.07) is 27.1. The number of rotatable bonds is 3. The van der Waals surface area contributed by atoms with E-state index < -0.39 is 11.7 Å². The van der Waals surface area contributed by atoms with Gasteiger partial charge in [0.1, 0.15) is 6.10 Å². The Morgan fingerprint density at radius 2 is 1.39 bits per heavy atom. The quantitative estimate of drug-likeness (QED) is 0.354. The summed E-state index contributed by atoms with van der Waals surface area (Å²) in [5, 5.41) is 0. The highest BCUT2D eigenvalue weighted by Gasteiger charge is 2.32. The van der Waals surface area contributed by atoms with Crippen LogP contribution in [0.25, 0.3) is 22.4 Å². The first-order valence-corrected chi connectivity index (χ1v) is 9.97. The second-order valence-electron chi connectivity index (χ2n) is 7.50. The zero-order valence-electron chi connectivity index (χ0n) is 16.4. The maximum atomic E-state index is 12.9. The number of ether oxygens (including phenoxy) is 1. The molecule has 0 amide bonds. The van der Waals surface area contributed by atoms with E-state index in [1.807, 2.05) is 60.7 Å². The topological polar surface area (TPSA) is 22.1 Å². The van der Waals surface area contributed by atoms with Crippen molar-refractivity contribution in [3.05, 3.63) is 108 Å². The van der Waals surface area contributed by atoms with Crippen LogP contribution in [0, 0.1) is 0 Å². The molecule has 0 radical (unpaired) electrons.